The largest absolute Gasteiger partial charge is 0.481 e. The van der Waals surface area contributed by atoms with Crippen LogP contribution in [-0.4, -0.2) is 23.5 Å². The van der Waals surface area contributed by atoms with Crippen molar-refractivity contribution in [3.8, 4) is 0 Å². The Labute approximate surface area is 118 Å². The molecule has 20 heavy (non-hydrogen) atoms. The van der Waals surface area contributed by atoms with Gasteiger partial charge in [0, 0.05) is 18.5 Å². The fourth-order valence-electron chi connectivity index (χ4n) is 1.82. The third kappa shape index (κ3) is 5.82. The molecule has 0 aromatic heterocycles. The predicted molar refractivity (Wildman–Crippen MR) is 74.0 cm³/mol. The number of rotatable bonds is 7. The van der Waals surface area contributed by atoms with Crippen LogP contribution in [0.2, 0.25) is 0 Å². The van der Waals surface area contributed by atoms with Crippen molar-refractivity contribution in [3.05, 3.63) is 35.6 Å². The highest BCUT2D eigenvalue weighted by atomic mass is 19.1. The van der Waals surface area contributed by atoms with Crippen LogP contribution in [0.4, 0.5) is 4.39 Å². The van der Waals surface area contributed by atoms with Crippen molar-refractivity contribution in [3.63, 3.8) is 0 Å². The van der Waals surface area contributed by atoms with E-state index in [0.717, 1.165) is 0 Å². The van der Waals surface area contributed by atoms with Gasteiger partial charge >= 0.3 is 5.97 Å². The molecule has 5 heteroatoms. The third-order valence-electron chi connectivity index (χ3n) is 3.19. The molecule has 2 N–H and O–H groups in total. The highest BCUT2D eigenvalue weighted by Gasteiger charge is 2.19. The van der Waals surface area contributed by atoms with Crippen molar-refractivity contribution in [2.75, 3.05) is 6.54 Å². The molecule has 0 heterocycles. The third-order valence-corrected chi connectivity index (χ3v) is 3.19. The van der Waals surface area contributed by atoms with Gasteiger partial charge in [0.05, 0.1) is 0 Å². The van der Waals surface area contributed by atoms with E-state index in [4.69, 9.17) is 5.11 Å². The first-order chi connectivity index (χ1) is 9.30. The zero-order chi connectivity index (χ0) is 15.2. The van der Waals surface area contributed by atoms with Crippen molar-refractivity contribution in [1.82, 2.24) is 5.32 Å². The summed E-state index contributed by atoms with van der Waals surface area (Å²) in [6, 6.07) is 5.51. The number of halogens is 1. The molecule has 0 aliphatic heterocycles. The van der Waals surface area contributed by atoms with E-state index in [1.165, 1.54) is 18.2 Å². The molecule has 0 saturated heterocycles. The fraction of sp³-hybridized carbons (Fsp3) is 0.467. The van der Waals surface area contributed by atoms with Gasteiger partial charge in [-0.05, 0) is 36.5 Å². The molecule has 0 atom stereocenters. The second-order valence-corrected chi connectivity index (χ2v) is 5.57. The minimum atomic E-state index is -0.818. The maximum atomic E-state index is 13.0. The Kier molecular flexibility index (Phi) is 5.67. The molecule has 0 spiro atoms. The molecule has 0 aliphatic rings. The van der Waals surface area contributed by atoms with Gasteiger partial charge in [0.15, 0.2) is 0 Å². The number of amides is 1. The summed E-state index contributed by atoms with van der Waals surface area (Å²) in [7, 11) is 0. The van der Waals surface area contributed by atoms with Gasteiger partial charge in [0.1, 0.15) is 5.82 Å². The Hall–Kier alpha value is -1.91. The molecular weight excluding hydrogens is 261 g/mol. The molecular formula is C15H20FNO3. The quantitative estimate of drug-likeness (QED) is 0.807. The van der Waals surface area contributed by atoms with Gasteiger partial charge in [-0.1, -0.05) is 19.9 Å². The first-order valence-corrected chi connectivity index (χ1v) is 6.56. The molecule has 110 valence electrons. The number of hydrogen-bond acceptors (Lipinski definition) is 2. The molecule has 4 nitrogen and oxygen atoms in total. The lowest BCUT2D eigenvalue weighted by Crippen LogP contribution is -2.28. The van der Waals surface area contributed by atoms with Crippen molar-refractivity contribution < 1.29 is 19.1 Å². The number of carbonyl (C=O) groups excluding carboxylic acids is 1. The van der Waals surface area contributed by atoms with Gasteiger partial charge in [-0.25, -0.2) is 4.39 Å². The van der Waals surface area contributed by atoms with E-state index < -0.39 is 11.8 Å². The number of carbonyl (C=O) groups is 2. The summed E-state index contributed by atoms with van der Waals surface area (Å²) in [5.41, 5.74) is 0.126. The first kappa shape index (κ1) is 16.1. The van der Waals surface area contributed by atoms with Crippen LogP contribution >= 0.6 is 0 Å². The molecule has 0 fully saturated rings. The normalized spacial score (nSPS) is 11.2. The minimum absolute atomic E-state index is 0.116. The maximum Gasteiger partial charge on any atom is 0.303 e. The average Bonchev–Trinajstić information content (AvgIpc) is 2.36. The van der Waals surface area contributed by atoms with Gasteiger partial charge in [0.25, 0.3) is 5.91 Å². The van der Waals surface area contributed by atoms with E-state index in [9.17, 15) is 14.0 Å². The van der Waals surface area contributed by atoms with E-state index in [0.29, 0.717) is 19.4 Å². The van der Waals surface area contributed by atoms with Gasteiger partial charge in [-0.2, -0.15) is 0 Å². The number of carboxylic acid groups (broad SMARTS) is 1. The maximum absolute atomic E-state index is 13.0. The summed E-state index contributed by atoms with van der Waals surface area (Å²) in [5, 5.41) is 11.4. The average molecular weight is 281 g/mol. The Morgan fingerprint density at radius 2 is 2.00 bits per heavy atom. The lowest BCUT2D eigenvalue weighted by atomic mass is 9.84. The second kappa shape index (κ2) is 7.03. The number of hydrogen-bond donors (Lipinski definition) is 2. The van der Waals surface area contributed by atoms with E-state index in [1.54, 1.807) is 6.07 Å². The van der Waals surface area contributed by atoms with Gasteiger partial charge < -0.3 is 10.4 Å². The molecule has 0 saturated carbocycles. The van der Waals surface area contributed by atoms with Gasteiger partial charge in [-0.15, -0.1) is 0 Å². The van der Waals surface area contributed by atoms with Crippen LogP contribution in [0.5, 0.6) is 0 Å². The Morgan fingerprint density at radius 3 is 2.60 bits per heavy atom. The first-order valence-electron chi connectivity index (χ1n) is 6.56. The molecule has 1 amide bonds. The van der Waals surface area contributed by atoms with Crippen LogP contribution in [-0.2, 0) is 4.79 Å². The topological polar surface area (TPSA) is 66.4 Å². The number of benzene rings is 1. The van der Waals surface area contributed by atoms with Crippen LogP contribution in [0.15, 0.2) is 24.3 Å². The summed E-state index contributed by atoms with van der Waals surface area (Å²) in [5.74, 6) is -1.58. The lowest BCUT2D eigenvalue weighted by molar-refractivity contribution is -0.137. The van der Waals surface area contributed by atoms with E-state index in [1.807, 2.05) is 13.8 Å². The number of nitrogens with one attached hydrogen (secondary N) is 1. The standard InChI is InChI=1S/C15H20FNO3/c1-15(2,7-6-13(18)19)8-9-17-14(20)11-4-3-5-12(16)10-11/h3-5,10H,6-9H2,1-2H3,(H,17,20)(H,18,19). The molecule has 0 aliphatic carbocycles. The SMILES string of the molecule is CC(C)(CCNC(=O)c1cccc(F)c1)CCC(=O)O. The second-order valence-electron chi connectivity index (χ2n) is 5.57. The van der Waals surface area contributed by atoms with E-state index >= 15 is 0 Å². The van der Waals surface area contributed by atoms with E-state index in [2.05, 4.69) is 5.32 Å². The Morgan fingerprint density at radius 1 is 1.30 bits per heavy atom. The van der Waals surface area contributed by atoms with Crippen molar-refractivity contribution in [2.45, 2.75) is 33.1 Å². The van der Waals surface area contributed by atoms with Crippen molar-refractivity contribution >= 4 is 11.9 Å². The predicted octanol–water partition coefficient (Wildman–Crippen LogP) is 2.84. The summed E-state index contributed by atoms with van der Waals surface area (Å²) >= 11 is 0. The zero-order valence-electron chi connectivity index (χ0n) is 11.8. The molecule has 1 aromatic rings. The van der Waals surface area contributed by atoms with Crippen LogP contribution in [0.3, 0.4) is 0 Å². The Balaban J connectivity index is 2.40. The summed E-state index contributed by atoms with van der Waals surface area (Å²) in [6.07, 6.45) is 1.34. The molecule has 1 rings (SSSR count). The summed E-state index contributed by atoms with van der Waals surface area (Å²) in [4.78, 5) is 22.3. The van der Waals surface area contributed by atoms with Gasteiger partial charge in [-0.3, -0.25) is 9.59 Å². The smallest absolute Gasteiger partial charge is 0.303 e. The van der Waals surface area contributed by atoms with Crippen molar-refractivity contribution in [2.24, 2.45) is 5.41 Å². The highest BCUT2D eigenvalue weighted by molar-refractivity contribution is 5.94. The fourth-order valence-corrected chi connectivity index (χ4v) is 1.82. The van der Waals surface area contributed by atoms with Crippen LogP contribution in [0.1, 0.15) is 43.5 Å². The molecule has 0 unspecified atom stereocenters. The number of carboxylic acids is 1. The van der Waals surface area contributed by atoms with Gasteiger partial charge in [0.2, 0.25) is 0 Å². The van der Waals surface area contributed by atoms with Crippen LogP contribution in [0, 0.1) is 11.2 Å². The van der Waals surface area contributed by atoms with E-state index in [-0.39, 0.29) is 23.3 Å². The Bertz CT molecular complexity index is 486. The molecule has 0 radical (unpaired) electrons. The lowest BCUT2D eigenvalue weighted by Gasteiger charge is -2.23. The minimum Gasteiger partial charge on any atom is -0.481 e. The highest BCUT2D eigenvalue weighted by Crippen LogP contribution is 2.26. The number of aliphatic carboxylic acids is 1. The monoisotopic (exact) mass is 281 g/mol. The molecule has 1 aromatic carbocycles. The zero-order valence-corrected chi connectivity index (χ0v) is 11.8. The van der Waals surface area contributed by atoms with Crippen LogP contribution < -0.4 is 5.32 Å². The van der Waals surface area contributed by atoms with Crippen molar-refractivity contribution in [1.29, 1.82) is 0 Å². The summed E-state index contributed by atoms with van der Waals surface area (Å²) < 4.78 is 13.0. The summed E-state index contributed by atoms with van der Waals surface area (Å²) in [6.45, 7) is 4.36. The molecule has 0 bridgehead atoms. The van der Waals surface area contributed by atoms with Crippen LogP contribution in [0.25, 0.3) is 0 Å².